The fraction of sp³-hybridized carbons (Fsp3) is 0.438. The van der Waals surface area contributed by atoms with E-state index in [1.807, 2.05) is 0 Å². The number of hydrogen-bond acceptors (Lipinski definition) is 7. The molecule has 2 aliphatic rings. The molecule has 0 amide bonds. The minimum absolute atomic E-state index is 0.159. The van der Waals surface area contributed by atoms with Crippen LogP contribution in [0.1, 0.15) is 17.9 Å². The molecule has 5 heterocycles. The first-order chi connectivity index (χ1) is 13.9. The molecule has 1 spiro atoms. The minimum Gasteiger partial charge on any atom is -0.368 e. The first-order valence-corrected chi connectivity index (χ1v) is 11.1. The Kier molecular flexibility index (Phi) is 4.59. The Labute approximate surface area is 175 Å². The molecule has 2 aliphatic heterocycles. The average Bonchev–Trinajstić information content (AvgIpc) is 3.38. The van der Waals surface area contributed by atoms with Gasteiger partial charge in [-0.05, 0) is 19.0 Å². The van der Waals surface area contributed by atoms with Crippen molar-refractivity contribution in [3.05, 3.63) is 22.4 Å². The van der Waals surface area contributed by atoms with Gasteiger partial charge >= 0.3 is 0 Å². The van der Waals surface area contributed by atoms with Gasteiger partial charge in [-0.2, -0.15) is 0 Å². The average molecular weight is 461 g/mol. The van der Waals surface area contributed by atoms with Crippen LogP contribution in [0.4, 0.5) is 14.5 Å². The van der Waals surface area contributed by atoms with Crippen molar-refractivity contribution in [3.8, 4) is 10.8 Å². The van der Waals surface area contributed by atoms with Crippen molar-refractivity contribution < 1.29 is 17.5 Å². The van der Waals surface area contributed by atoms with Gasteiger partial charge in [0.25, 0.3) is 6.43 Å². The van der Waals surface area contributed by atoms with E-state index in [0.717, 1.165) is 32.6 Å². The van der Waals surface area contributed by atoms with Crippen molar-refractivity contribution in [3.63, 3.8) is 0 Å². The molecule has 2 N–H and O–H groups in total. The molecule has 8 nitrogen and oxygen atoms in total. The first kappa shape index (κ1) is 19.2. The van der Waals surface area contributed by atoms with Gasteiger partial charge in [0, 0.05) is 31.2 Å². The Balaban J connectivity index is 1.63. The molecule has 13 heteroatoms. The molecule has 1 unspecified atom stereocenters. The predicted octanol–water partition coefficient (Wildman–Crippen LogP) is 2.82. The summed E-state index contributed by atoms with van der Waals surface area (Å²) in [5.74, 6) is 0.209. The van der Waals surface area contributed by atoms with Crippen molar-refractivity contribution in [2.75, 3.05) is 31.1 Å². The number of fused-ring (bicyclic) bond motifs is 1. The maximum atomic E-state index is 12.9. The lowest BCUT2D eigenvalue weighted by Crippen LogP contribution is -2.57. The molecule has 3 aromatic rings. The number of imidazole rings is 1. The summed E-state index contributed by atoms with van der Waals surface area (Å²) >= 11 is 4.88. The number of halogens is 3. The number of anilines is 1. The zero-order valence-electron chi connectivity index (χ0n) is 14.8. The van der Waals surface area contributed by atoms with Gasteiger partial charge in [0.1, 0.15) is 5.52 Å². The van der Waals surface area contributed by atoms with Crippen LogP contribution >= 0.6 is 22.9 Å². The number of rotatable bonds is 4. The second-order valence-electron chi connectivity index (χ2n) is 7.28. The molecule has 5 rings (SSSR count). The van der Waals surface area contributed by atoms with E-state index < -0.39 is 22.5 Å². The third-order valence-electron chi connectivity index (χ3n) is 5.39. The van der Waals surface area contributed by atoms with Crippen molar-refractivity contribution in [1.82, 2.24) is 24.9 Å². The molecular weight excluding hydrogens is 446 g/mol. The van der Waals surface area contributed by atoms with E-state index >= 15 is 0 Å². The molecule has 154 valence electrons. The van der Waals surface area contributed by atoms with E-state index in [2.05, 4.69) is 25.4 Å². The number of pyridine rings is 1. The van der Waals surface area contributed by atoms with E-state index in [0.29, 0.717) is 22.5 Å². The molecule has 0 bridgehead atoms. The van der Waals surface area contributed by atoms with Crippen LogP contribution in [0, 0.1) is 5.41 Å². The third-order valence-corrected chi connectivity index (χ3v) is 7.21. The molecule has 0 radical (unpaired) electrons. The summed E-state index contributed by atoms with van der Waals surface area (Å²) in [6.45, 7) is 3.50. The molecule has 1 atom stereocenters. The Morgan fingerprint density at radius 1 is 1.38 bits per heavy atom. The van der Waals surface area contributed by atoms with Crippen molar-refractivity contribution in [1.29, 1.82) is 0 Å². The highest BCUT2D eigenvalue weighted by Gasteiger charge is 2.45. The molecule has 29 heavy (non-hydrogen) atoms. The Hall–Kier alpha value is -1.73. The number of hydrogen-bond donors (Lipinski definition) is 2. The summed E-state index contributed by atoms with van der Waals surface area (Å²) in [6.07, 6.45) is -0.235. The van der Waals surface area contributed by atoms with Crippen LogP contribution < -0.4 is 10.2 Å². The van der Waals surface area contributed by atoms with Crippen molar-refractivity contribution in [2.45, 2.75) is 17.7 Å². The lowest BCUT2D eigenvalue weighted by Gasteiger charge is -2.49. The second-order valence-corrected chi connectivity index (χ2v) is 9.62. The minimum atomic E-state index is -2.74. The molecule has 0 aliphatic carbocycles. The van der Waals surface area contributed by atoms with E-state index in [1.165, 1.54) is 10.6 Å². The third kappa shape index (κ3) is 3.13. The van der Waals surface area contributed by atoms with Crippen LogP contribution in [0.3, 0.4) is 0 Å². The molecule has 0 saturated carbocycles. The van der Waals surface area contributed by atoms with Gasteiger partial charge in [0.15, 0.2) is 32.1 Å². The summed E-state index contributed by atoms with van der Waals surface area (Å²) in [4.78, 5) is 6.55. The Morgan fingerprint density at radius 2 is 2.17 bits per heavy atom. The van der Waals surface area contributed by atoms with Crippen LogP contribution in [-0.4, -0.2) is 54.5 Å². The van der Waals surface area contributed by atoms with Crippen molar-refractivity contribution in [2.24, 2.45) is 5.41 Å². The molecule has 0 aromatic carbocycles. The maximum Gasteiger partial charge on any atom is 0.291 e. The fourth-order valence-electron chi connectivity index (χ4n) is 4.03. The highest BCUT2D eigenvalue weighted by molar-refractivity contribution is 7.79. The van der Waals surface area contributed by atoms with Gasteiger partial charge in [-0.1, -0.05) is 22.9 Å². The number of nitrogens with zero attached hydrogens (tertiary/aromatic N) is 5. The first-order valence-electron chi connectivity index (χ1n) is 8.77. The number of aromatic nitrogens is 4. The Bertz CT molecular complexity index is 1120. The summed E-state index contributed by atoms with van der Waals surface area (Å²) in [6, 6.07) is 1.63. The topological polar surface area (TPSA) is 95.7 Å². The largest absolute Gasteiger partial charge is 0.368 e. The second kappa shape index (κ2) is 6.91. The van der Waals surface area contributed by atoms with Crippen LogP contribution in [0.25, 0.3) is 16.3 Å². The van der Waals surface area contributed by atoms with Crippen LogP contribution in [-0.2, 0) is 11.1 Å². The quantitative estimate of drug-likeness (QED) is 0.578. The summed E-state index contributed by atoms with van der Waals surface area (Å²) < 4.78 is 48.9. The lowest BCUT2D eigenvalue weighted by molar-refractivity contribution is 0.150. The molecule has 2 saturated heterocycles. The van der Waals surface area contributed by atoms with Gasteiger partial charge in [0.05, 0.1) is 10.6 Å². The highest BCUT2D eigenvalue weighted by atomic mass is 35.5. The van der Waals surface area contributed by atoms with Crippen LogP contribution in [0.2, 0.25) is 5.15 Å². The van der Waals surface area contributed by atoms with Gasteiger partial charge in [-0.3, -0.25) is 4.40 Å². The van der Waals surface area contributed by atoms with E-state index in [-0.39, 0.29) is 26.3 Å². The lowest BCUT2D eigenvalue weighted by atomic mass is 9.79. The SMILES string of the molecule is O=S(O)c1cc(N2CC3(CCNC3)C2)c2c(Cl)nc(-c3nnc(C(F)F)s3)n2c1. The van der Waals surface area contributed by atoms with Crippen LogP contribution in [0.15, 0.2) is 17.2 Å². The predicted molar refractivity (Wildman–Crippen MR) is 105 cm³/mol. The monoisotopic (exact) mass is 460 g/mol. The summed E-state index contributed by atoms with van der Waals surface area (Å²) in [5, 5.41) is 10.6. The van der Waals surface area contributed by atoms with Gasteiger partial charge in [0.2, 0.25) is 0 Å². The van der Waals surface area contributed by atoms with E-state index in [4.69, 9.17) is 11.6 Å². The van der Waals surface area contributed by atoms with Gasteiger partial charge in [-0.15, -0.1) is 10.2 Å². The standard InChI is InChI=1S/C16H15ClF2N6O2S2/c17-11-10-9(24-6-16(7-24)1-2-20-5-16)3-8(29(26)27)4-25(10)13(21-11)15-23-22-14(28-15)12(18)19/h3-4,12,20H,1-2,5-7H2,(H,26,27). The van der Waals surface area contributed by atoms with E-state index in [1.54, 1.807) is 6.07 Å². The summed E-state index contributed by atoms with van der Waals surface area (Å²) in [5.41, 5.74) is 1.43. The summed E-state index contributed by atoms with van der Waals surface area (Å²) in [7, 11) is 0. The smallest absolute Gasteiger partial charge is 0.291 e. The highest BCUT2D eigenvalue weighted by Crippen LogP contribution is 2.43. The zero-order valence-corrected chi connectivity index (χ0v) is 17.2. The molecule has 3 aromatic heterocycles. The fourth-order valence-corrected chi connectivity index (χ4v) is 5.39. The number of nitrogens with one attached hydrogen (secondary N) is 1. The maximum absolute atomic E-state index is 12.9. The van der Waals surface area contributed by atoms with Gasteiger partial charge < -0.3 is 14.8 Å². The van der Waals surface area contributed by atoms with Crippen LogP contribution in [0.5, 0.6) is 0 Å². The molecule has 2 fully saturated rings. The normalized spacial score (nSPS) is 19.4. The zero-order chi connectivity index (χ0) is 20.3. The Morgan fingerprint density at radius 3 is 2.79 bits per heavy atom. The number of alkyl halides is 2. The van der Waals surface area contributed by atoms with E-state index in [9.17, 15) is 17.5 Å². The van der Waals surface area contributed by atoms with Gasteiger partial charge in [-0.25, -0.2) is 18.0 Å². The van der Waals surface area contributed by atoms with Crippen molar-refractivity contribution >= 4 is 45.2 Å². The molecular formula is C16H15ClF2N6O2S2.